The number of guanidine groups is 1. The molecule has 0 spiro atoms. The molecule has 0 saturated heterocycles. The number of hydrogen-bond acceptors (Lipinski definition) is 4. The quantitative estimate of drug-likeness (QED) is 0.679. The van der Waals surface area contributed by atoms with Gasteiger partial charge in [0.15, 0.2) is 5.96 Å². The van der Waals surface area contributed by atoms with Crippen LogP contribution in [0.4, 0.5) is 0 Å². The van der Waals surface area contributed by atoms with Gasteiger partial charge in [0, 0.05) is 19.6 Å². The number of ether oxygens (including phenoxy) is 1. The molecule has 0 radical (unpaired) electrons. The summed E-state index contributed by atoms with van der Waals surface area (Å²) in [6, 6.07) is 0. The summed E-state index contributed by atoms with van der Waals surface area (Å²) in [5.41, 5.74) is 0. The predicted octanol–water partition coefficient (Wildman–Crippen LogP) is 0.884. The number of aliphatic imine (C=N–C) groups is 1. The van der Waals surface area contributed by atoms with Gasteiger partial charge in [-0.2, -0.15) is 0 Å². The molecule has 0 aromatic rings. The summed E-state index contributed by atoms with van der Waals surface area (Å²) in [4.78, 5) is 4.34. The average Bonchev–Trinajstić information content (AvgIpc) is 2.79. The SMILES string of the molecule is C1CN=C(NCCOC2CCCC2)NC1. The van der Waals surface area contributed by atoms with Gasteiger partial charge in [-0.15, -0.1) is 0 Å². The maximum absolute atomic E-state index is 5.75. The molecule has 0 bridgehead atoms. The van der Waals surface area contributed by atoms with Crippen molar-refractivity contribution in [3.8, 4) is 0 Å². The fraction of sp³-hybridized carbons (Fsp3) is 0.909. The van der Waals surface area contributed by atoms with E-state index in [4.69, 9.17) is 4.74 Å². The van der Waals surface area contributed by atoms with Gasteiger partial charge in [-0.25, -0.2) is 0 Å². The van der Waals surface area contributed by atoms with Crippen LogP contribution in [0.5, 0.6) is 0 Å². The first-order valence-corrected chi connectivity index (χ1v) is 6.09. The summed E-state index contributed by atoms with van der Waals surface area (Å²) in [6.45, 7) is 3.64. The highest BCUT2D eigenvalue weighted by Gasteiger charge is 2.14. The Labute approximate surface area is 91.5 Å². The molecule has 1 aliphatic carbocycles. The topological polar surface area (TPSA) is 45.7 Å². The number of hydrogen-bond donors (Lipinski definition) is 2. The molecule has 4 heteroatoms. The molecule has 1 aliphatic heterocycles. The normalized spacial score (nSPS) is 22.3. The second-order valence-electron chi connectivity index (χ2n) is 4.21. The lowest BCUT2D eigenvalue weighted by atomic mass is 10.3. The minimum atomic E-state index is 0.521. The van der Waals surface area contributed by atoms with Gasteiger partial charge in [0.1, 0.15) is 0 Å². The van der Waals surface area contributed by atoms with Crippen LogP contribution < -0.4 is 10.6 Å². The molecular weight excluding hydrogens is 190 g/mol. The van der Waals surface area contributed by atoms with Crippen molar-refractivity contribution in [2.24, 2.45) is 4.99 Å². The average molecular weight is 211 g/mol. The smallest absolute Gasteiger partial charge is 0.191 e. The van der Waals surface area contributed by atoms with Crippen LogP contribution in [-0.2, 0) is 4.74 Å². The standard InChI is InChI=1S/C11H21N3O/c1-2-5-10(4-1)15-9-8-14-11-12-6-3-7-13-11/h10H,1-9H2,(H2,12,13,14). The molecule has 15 heavy (non-hydrogen) atoms. The second-order valence-corrected chi connectivity index (χ2v) is 4.21. The van der Waals surface area contributed by atoms with E-state index in [0.29, 0.717) is 6.10 Å². The Morgan fingerprint density at radius 1 is 1.33 bits per heavy atom. The zero-order valence-corrected chi connectivity index (χ0v) is 9.30. The van der Waals surface area contributed by atoms with Crippen LogP contribution in [0.15, 0.2) is 4.99 Å². The van der Waals surface area contributed by atoms with E-state index >= 15 is 0 Å². The van der Waals surface area contributed by atoms with Gasteiger partial charge in [0.25, 0.3) is 0 Å². The molecule has 0 amide bonds. The lowest BCUT2D eigenvalue weighted by Crippen LogP contribution is -2.42. The molecule has 1 saturated carbocycles. The number of nitrogens with zero attached hydrogens (tertiary/aromatic N) is 1. The Hall–Kier alpha value is -0.770. The Morgan fingerprint density at radius 3 is 2.93 bits per heavy atom. The fourth-order valence-electron chi connectivity index (χ4n) is 2.10. The number of nitrogens with one attached hydrogen (secondary N) is 2. The maximum atomic E-state index is 5.75. The lowest BCUT2D eigenvalue weighted by Gasteiger charge is -2.17. The highest BCUT2D eigenvalue weighted by molar-refractivity contribution is 5.80. The summed E-state index contributed by atoms with van der Waals surface area (Å²) >= 11 is 0. The van der Waals surface area contributed by atoms with Gasteiger partial charge in [-0.3, -0.25) is 4.99 Å². The van der Waals surface area contributed by atoms with Crippen molar-refractivity contribution in [1.82, 2.24) is 10.6 Å². The van der Waals surface area contributed by atoms with E-state index in [2.05, 4.69) is 15.6 Å². The van der Waals surface area contributed by atoms with Crippen molar-refractivity contribution >= 4 is 5.96 Å². The highest BCUT2D eigenvalue weighted by Crippen LogP contribution is 2.20. The summed E-state index contributed by atoms with van der Waals surface area (Å²) in [7, 11) is 0. The van der Waals surface area contributed by atoms with Crippen LogP contribution in [0.25, 0.3) is 0 Å². The monoisotopic (exact) mass is 211 g/mol. The van der Waals surface area contributed by atoms with E-state index in [1.807, 2.05) is 0 Å². The Bertz CT molecular complexity index is 212. The van der Waals surface area contributed by atoms with E-state index < -0.39 is 0 Å². The summed E-state index contributed by atoms with van der Waals surface area (Å²) in [5, 5.41) is 6.49. The summed E-state index contributed by atoms with van der Waals surface area (Å²) < 4.78 is 5.75. The van der Waals surface area contributed by atoms with Gasteiger partial charge >= 0.3 is 0 Å². The first kappa shape index (κ1) is 10.7. The van der Waals surface area contributed by atoms with Crippen molar-refractivity contribution < 1.29 is 4.74 Å². The van der Waals surface area contributed by atoms with E-state index in [1.165, 1.54) is 25.7 Å². The third-order valence-corrected chi connectivity index (χ3v) is 2.95. The van der Waals surface area contributed by atoms with Crippen LogP contribution in [0, 0.1) is 0 Å². The van der Waals surface area contributed by atoms with Gasteiger partial charge in [0.2, 0.25) is 0 Å². The minimum absolute atomic E-state index is 0.521. The molecule has 0 unspecified atom stereocenters. The summed E-state index contributed by atoms with van der Waals surface area (Å²) in [5.74, 6) is 0.941. The molecule has 0 aromatic heterocycles. The molecule has 0 atom stereocenters. The first-order chi connectivity index (χ1) is 7.45. The van der Waals surface area contributed by atoms with Crippen LogP contribution in [-0.4, -0.2) is 38.3 Å². The Balaban J connectivity index is 1.52. The molecule has 86 valence electrons. The molecule has 4 nitrogen and oxygen atoms in total. The molecule has 2 rings (SSSR count). The van der Waals surface area contributed by atoms with E-state index in [-0.39, 0.29) is 0 Å². The second kappa shape index (κ2) is 5.95. The van der Waals surface area contributed by atoms with Crippen LogP contribution in [0.1, 0.15) is 32.1 Å². The van der Waals surface area contributed by atoms with E-state index in [0.717, 1.165) is 38.6 Å². The van der Waals surface area contributed by atoms with Crippen molar-refractivity contribution in [2.45, 2.75) is 38.2 Å². The van der Waals surface area contributed by atoms with Crippen molar-refractivity contribution in [1.29, 1.82) is 0 Å². The minimum Gasteiger partial charge on any atom is -0.376 e. The Kier molecular flexibility index (Phi) is 4.26. The molecule has 0 aromatic carbocycles. The maximum Gasteiger partial charge on any atom is 0.191 e. The first-order valence-electron chi connectivity index (χ1n) is 6.09. The third-order valence-electron chi connectivity index (χ3n) is 2.95. The Morgan fingerprint density at radius 2 is 2.20 bits per heavy atom. The number of rotatable bonds is 4. The highest BCUT2D eigenvalue weighted by atomic mass is 16.5. The summed E-state index contributed by atoms with van der Waals surface area (Å²) in [6.07, 6.45) is 6.84. The zero-order chi connectivity index (χ0) is 10.3. The third kappa shape index (κ3) is 3.70. The lowest BCUT2D eigenvalue weighted by molar-refractivity contribution is 0.0622. The van der Waals surface area contributed by atoms with Gasteiger partial charge in [-0.05, 0) is 19.3 Å². The van der Waals surface area contributed by atoms with Gasteiger partial charge < -0.3 is 15.4 Å². The van der Waals surface area contributed by atoms with E-state index in [1.54, 1.807) is 0 Å². The fourth-order valence-corrected chi connectivity index (χ4v) is 2.10. The van der Waals surface area contributed by atoms with E-state index in [9.17, 15) is 0 Å². The predicted molar refractivity (Wildman–Crippen MR) is 61.1 cm³/mol. The molecular formula is C11H21N3O. The van der Waals surface area contributed by atoms with Gasteiger partial charge in [0.05, 0.1) is 12.7 Å². The molecule has 2 aliphatic rings. The van der Waals surface area contributed by atoms with Crippen molar-refractivity contribution in [2.75, 3.05) is 26.2 Å². The zero-order valence-electron chi connectivity index (χ0n) is 9.30. The van der Waals surface area contributed by atoms with Crippen LogP contribution >= 0.6 is 0 Å². The van der Waals surface area contributed by atoms with Crippen molar-refractivity contribution in [3.63, 3.8) is 0 Å². The van der Waals surface area contributed by atoms with Gasteiger partial charge in [-0.1, -0.05) is 12.8 Å². The largest absolute Gasteiger partial charge is 0.376 e. The molecule has 1 heterocycles. The van der Waals surface area contributed by atoms with Crippen LogP contribution in [0.3, 0.4) is 0 Å². The van der Waals surface area contributed by atoms with Crippen LogP contribution in [0.2, 0.25) is 0 Å². The molecule has 2 N–H and O–H groups in total. The van der Waals surface area contributed by atoms with Crippen molar-refractivity contribution in [3.05, 3.63) is 0 Å². The molecule has 1 fully saturated rings.